The first kappa shape index (κ1) is 23.2. The molecule has 3 N–H and O–H groups in total. The maximum atomic E-state index is 14.5. The molecule has 2 aliphatic carbocycles. The zero-order chi connectivity index (χ0) is 25.1. The first-order chi connectivity index (χ1) is 16.4. The number of anilines is 1. The monoisotopic (exact) mass is 492 g/mol. The maximum Gasteiger partial charge on any atom is 0.453 e. The SMILES string of the molecule is CC1c2nc(C(F)(F)F)nn2CCN1c1cc(C(=N)C2CC(OC3(C)CC3)=C(F)C=C2N)ncn1. The molecule has 186 valence electrons. The van der Waals surface area contributed by atoms with Gasteiger partial charge in [-0.2, -0.15) is 13.2 Å². The van der Waals surface area contributed by atoms with E-state index in [4.69, 9.17) is 15.9 Å². The maximum absolute atomic E-state index is 14.5. The summed E-state index contributed by atoms with van der Waals surface area (Å²) in [7, 11) is 0. The Morgan fingerprint density at radius 2 is 2.00 bits per heavy atom. The Balaban J connectivity index is 1.37. The van der Waals surface area contributed by atoms with Gasteiger partial charge in [-0.1, -0.05) is 0 Å². The quantitative estimate of drug-likeness (QED) is 0.483. The molecule has 5 rings (SSSR count). The van der Waals surface area contributed by atoms with Gasteiger partial charge in [-0.05, 0) is 32.8 Å². The van der Waals surface area contributed by atoms with Crippen molar-refractivity contribution < 1.29 is 22.3 Å². The van der Waals surface area contributed by atoms with E-state index in [9.17, 15) is 17.6 Å². The molecule has 1 saturated carbocycles. The molecule has 3 heterocycles. The summed E-state index contributed by atoms with van der Waals surface area (Å²) < 4.78 is 60.8. The van der Waals surface area contributed by atoms with Gasteiger partial charge >= 0.3 is 6.18 Å². The van der Waals surface area contributed by atoms with E-state index < -0.39 is 29.8 Å². The zero-order valence-corrected chi connectivity index (χ0v) is 19.1. The van der Waals surface area contributed by atoms with Crippen LogP contribution in [0.2, 0.25) is 0 Å². The number of halogens is 4. The summed E-state index contributed by atoms with van der Waals surface area (Å²) in [4.78, 5) is 13.9. The molecule has 9 nitrogen and oxygen atoms in total. The van der Waals surface area contributed by atoms with Crippen LogP contribution in [-0.2, 0) is 17.5 Å². The summed E-state index contributed by atoms with van der Waals surface area (Å²) in [6.45, 7) is 4.16. The van der Waals surface area contributed by atoms with Crippen molar-refractivity contribution >= 4 is 11.5 Å². The lowest BCUT2D eigenvalue weighted by Crippen LogP contribution is -2.38. The predicted octanol–water partition coefficient (Wildman–Crippen LogP) is 3.65. The highest BCUT2D eigenvalue weighted by molar-refractivity contribution is 6.00. The van der Waals surface area contributed by atoms with Crippen LogP contribution >= 0.6 is 0 Å². The predicted molar refractivity (Wildman–Crippen MR) is 117 cm³/mol. The van der Waals surface area contributed by atoms with Gasteiger partial charge in [0.15, 0.2) is 5.83 Å². The lowest BCUT2D eigenvalue weighted by Gasteiger charge is -2.34. The van der Waals surface area contributed by atoms with E-state index in [1.807, 2.05) is 6.92 Å². The Hall–Kier alpha value is -3.51. The molecule has 2 aromatic rings. The first-order valence-electron chi connectivity index (χ1n) is 11.2. The van der Waals surface area contributed by atoms with E-state index in [1.54, 1.807) is 17.9 Å². The highest BCUT2D eigenvalue weighted by atomic mass is 19.4. The van der Waals surface area contributed by atoms with Gasteiger partial charge in [0.1, 0.15) is 29.3 Å². The number of hydrogen-bond acceptors (Lipinski definition) is 8. The number of hydrogen-bond donors (Lipinski definition) is 2. The Labute approximate surface area is 198 Å². The van der Waals surface area contributed by atoms with Gasteiger partial charge in [-0.25, -0.2) is 24.0 Å². The van der Waals surface area contributed by atoms with Crippen LogP contribution in [0.25, 0.3) is 0 Å². The van der Waals surface area contributed by atoms with Crippen LogP contribution in [0.3, 0.4) is 0 Å². The van der Waals surface area contributed by atoms with Crippen LogP contribution in [-0.4, -0.2) is 42.6 Å². The molecule has 0 amide bonds. The van der Waals surface area contributed by atoms with E-state index in [0.717, 1.165) is 12.8 Å². The third kappa shape index (κ3) is 4.34. The van der Waals surface area contributed by atoms with Crippen molar-refractivity contribution in [1.29, 1.82) is 5.41 Å². The van der Waals surface area contributed by atoms with Gasteiger partial charge < -0.3 is 20.8 Å². The number of nitrogens with zero attached hydrogens (tertiary/aromatic N) is 6. The van der Waals surface area contributed by atoms with Crippen molar-refractivity contribution in [2.24, 2.45) is 11.7 Å². The van der Waals surface area contributed by atoms with Crippen LogP contribution in [0.1, 0.15) is 56.5 Å². The summed E-state index contributed by atoms with van der Waals surface area (Å²) in [5.41, 5.74) is 6.24. The van der Waals surface area contributed by atoms with E-state index in [2.05, 4.69) is 20.1 Å². The van der Waals surface area contributed by atoms with Crippen LogP contribution in [0, 0.1) is 11.3 Å². The Kier molecular flexibility index (Phi) is 5.33. The number of nitrogens with two attached hydrogens (primary N) is 1. The van der Waals surface area contributed by atoms with E-state index in [0.29, 0.717) is 12.4 Å². The molecule has 2 aromatic heterocycles. The summed E-state index contributed by atoms with van der Waals surface area (Å²) in [5.74, 6) is -1.57. The highest BCUT2D eigenvalue weighted by Gasteiger charge is 2.43. The van der Waals surface area contributed by atoms with Gasteiger partial charge in [0, 0.05) is 30.6 Å². The second kappa shape index (κ2) is 8.02. The molecule has 2 atom stereocenters. The van der Waals surface area contributed by atoms with Crippen molar-refractivity contribution in [3.05, 3.63) is 53.1 Å². The van der Waals surface area contributed by atoms with E-state index >= 15 is 0 Å². The lowest BCUT2D eigenvalue weighted by atomic mass is 9.89. The van der Waals surface area contributed by atoms with Crippen LogP contribution in [0.4, 0.5) is 23.4 Å². The molecule has 0 spiro atoms. The van der Waals surface area contributed by atoms with Crippen molar-refractivity contribution in [3.63, 3.8) is 0 Å². The fraction of sp³-hybridized carbons (Fsp3) is 0.500. The molecule has 1 aliphatic heterocycles. The molecule has 35 heavy (non-hydrogen) atoms. The number of allylic oxidation sites excluding steroid dienone is 4. The van der Waals surface area contributed by atoms with Gasteiger partial charge in [-0.3, -0.25) is 0 Å². The largest absolute Gasteiger partial charge is 0.489 e. The van der Waals surface area contributed by atoms with Crippen LogP contribution in [0.15, 0.2) is 35.8 Å². The van der Waals surface area contributed by atoms with E-state index in [-0.39, 0.29) is 47.3 Å². The van der Waals surface area contributed by atoms with Crippen molar-refractivity contribution in [2.45, 2.75) is 57.5 Å². The topological polar surface area (TPSA) is 119 Å². The third-order valence-corrected chi connectivity index (χ3v) is 6.59. The highest BCUT2D eigenvalue weighted by Crippen LogP contribution is 2.44. The Bertz CT molecular complexity index is 1250. The molecular formula is C22H24F4N8O. The van der Waals surface area contributed by atoms with E-state index in [1.165, 1.54) is 17.1 Å². The zero-order valence-electron chi connectivity index (χ0n) is 19.1. The minimum atomic E-state index is -4.63. The van der Waals surface area contributed by atoms with Gasteiger partial charge in [-0.15, -0.1) is 5.10 Å². The molecule has 3 aliphatic rings. The summed E-state index contributed by atoms with van der Waals surface area (Å²) in [6, 6.07) is 1.04. The Morgan fingerprint density at radius 1 is 1.26 bits per heavy atom. The van der Waals surface area contributed by atoms with Gasteiger partial charge in [0.05, 0.1) is 24.0 Å². The fourth-order valence-electron chi connectivity index (χ4n) is 4.29. The minimum absolute atomic E-state index is 0.0733. The van der Waals surface area contributed by atoms with Crippen molar-refractivity contribution in [2.75, 3.05) is 11.4 Å². The lowest BCUT2D eigenvalue weighted by molar-refractivity contribution is -0.145. The second-order valence-corrected chi connectivity index (χ2v) is 9.28. The summed E-state index contributed by atoms with van der Waals surface area (Å²) >= 11 is 0. The third-order valence-electron chi connectivity index (χ3n) is 6.59. The van der Waals surface area contributed by atoms with Gasteiger partial charge in [0.2, 0.25) is 0 Å². The summed E-state index contributed by atoms with van der Waals surface area (Å²) in [6.07, 6.45) is -0.380. The first-order valence-corrected chi connectivity index (χ1v) is 11.2. The number of nitrogens with one attached hydrogen (secondary N) is 1. The van der Waals surface area contributed by atoms with Crippen molar-refractivity contribution in [1.82, 2.24) is 24.7 Å². The van der Waals surface area contributed by atoms with Crippen molar-refractivity contribution in [3.8, 4) is 0 Å². The second-order valence-electron chi connectivity index (χ2n) is 9.28. The fourth-order valence-corrected chi connectivity index (χ4v) is 4.29. The smallest absolute Gasteiger partial charge is 0.453 e. The molecule has 0 radical (unpaired) electrons. The molecule has 0 bridgehead atoms. The van der Waals surface area contributed by atoms with Crippen LogP contribution in [0.5, 0.6) is 0 Å². The average Bonchev–Trinajstić information content (AvgIpc) is 3.34. The number of ether oxygens (including phenoxy) is 1. The molecule has 1 fully saturated rings. The molecule has 0 aromatic carbocycles. The standard InChI is InChI=1S/C22H24F4N8O/c1-11-19-31-20(22(24,25)26)32-34(19)6-5-33(11)17-9-15(29-10-30-17)18(28)12-7-16(13(23)8-14(12)27)35-21(2)3-4-21/h8-12,28H,3-7,27H2,1-2H3. The molecule has 13 heteroatoms. The number of rotatable bonds is 5. The minimum Gasteiger partial charge on any atom is -0.489 e. The molecular weight excluding hydrogens is 468 g/mol. The summed E-state index contributed by atoms with van der Waals surface area (Å²) in [5, 5.41) is 12.3. The number of fused-ring (bicyclic) bond motifs is 1. The normalized spacial score (nSPS) is 23.6. The van der Waals surface area contributed by atoms with Crippen LogP contribution < -0.4 is 10.6 Å². The average molecular weight is 492 g/mol. The van der Waals surface area contributed by atoms with Gasteiger partial charge in [0.25, 0.3) is 5.82 Å². The Morgan fingerprint density at radius 3 is 2.69 bits per heavy atom. The number of aromatic nitrogens is 5. The number of alkyl halides is 3. The molecule has 2 unspecified atom stereocenters. The molecule has 0 saturated heterocycles.